The number of benzene rings is 1. The molecule has 3 aromatic rings. The number of rotatable bonds is 2. The number of nitrogens with zero attached hydrogens (tertiary/aromatic N) is 5. The van der Waals surface area contributed by atoms with Gasteiger partial charge in [0.2, 0.25) is 5.13 Å². The van der Waals surface area contributed by atoms with E-state index in [1.54, 1.807) is 16.0 Å². The topological polar surface area (TPSA) is 67.4 Å². The third kappa shape index (κ3) is 2.11. The average molecular weight is 307 g/mol. The second-order valence-electron chi connectivity index (χ2n) is 5.25. The highest BCUT2D eigenvalue weighted by molar-refractivity contribution is 7.14. The highest BCUT2D eigenvalue weighted by Crippen LogP contribution is 2.31. The van der Waals surface area contributed by atoms with Crippen LogP contribution in [0.25, 0.3) is 16.4 Å². The van der Waals surface area contributed by atoms with Crippen LogP contribution >= 0.6 is 11.3 Å². The van der Waals surface area contributed by atoms with E-state index in [1.807, 2.05) is 30.3 Å². The van der Waals surface area contributed by atoms with Crippen molar-refractivity contribution >= 4 is 11.3 Å². The Morgan fingerprint density at radius 3 is 2.73 bits per heavy atom. The van der Waals surface area contributed by atoms with E-state index in [1.165, 1.54) is 23.4 Å². The minimum atomic E-state index is 0.333. The molecule has 2 heterocycles. The molecular weight excluding hydrogens is 294 g/mol. The molecule has 0 atom stereocenters. The normalized spacial score (nSPS) is 13.6. The van der Waals surface area contributed by atoms with Crippen LogP contribution in [0.4, 0.5) is 0 Å². The van der Waals surface area contributed by atoms with Crippen molar-refractivity contribution in [3.8, 4) is 22.5 Å². The molecule has 4 rings (SSSR count). The lowest BCUT2D eigenvalue weighted by atomic mass is 10.0. The second-order valence-corrected chi connectivity index (χ2v) is 6.31. The first kappa shape index (κ1) is 13.2. The molecule has 0 radical (unpaired) electrons. The molecular formula is C16H13N5S. The van der Waals surface area contributed by atoms with Crippen LogP contribution < -0.4 is 0 Å². The number of aromatic nitrogens is 4. The summed E-state index contributed by atoms with van der Waals surface area (Å²) in [5.74, 6) is 0. The number of hydrogen-bond acceptors (Lipinski definition) is 5. The summed E-state index contributed by atoms with van der Waals surface area (Å²) < 4.78 is 1.71. The SMILES string of the molecule is N#Cc1nnn(-c2nc3c(s2)CCCC3)c1-c1ccccc1. The molecule has 0 aliphatic heterocycles. The zero-order valence-corrected chi connectivity index (χ0v) is 12.7. The number of thiazole rings is 1. The second kappa shape index (κ2) is 5.35. The molecule has 0 saturated heterocycles. The predicted molar refractivity (Wildman–Crippen MR) is 83.8 cm³/mol. The third-order valence-electron chi connectivity index (χ3n) is 3.84. The molecule has 0 amide bonds. The maximum atomic E-state index is 9.32. The van der Waals surface area contributed by atoms with E-state index in [0.717, 1.165) is 23.5 Å². The van der Waals surface area contributed by atoms with Crippen LogP contribution in [0.15, 0.2) is 30.3 Å². The average Bonchev–Trinajstić information content (AvgIpc) is 3.18. The Balaban J connectivity index is 1.88. The van der Waals surface area contributed by atoms with Gasteiger partial charge in [-0.2, -0.15) is 9.94 Å². The zero-order chi connectivity index (χ0) is 14.9. The van der Waals surface area contributed by atoms with E-state index in [-0.39, 0.29) is 0 Å². The van der Waals surface area contributed by atoms with Crippen molar-refractivity contribution in [2.24, 2.45) is 0 Å². The Bertz CT molecular complexity index is 833. The van der Waals surface area contributed by atoms with Gasteiger partial charge in [0, 0.05) is 10.4 Å². The lowest BCUT2D eigenvalue weighted by Gasteiger charge is -2.06. The summed E-state index contributed by atoms with van der Waals surface area (Å²) in [4.78, 5) is 6.07. The molecule has 1 aliphatic carbocycles. The highest BCUT2D eigenvalue weighted by Gasteiger charge is 2.21. The van der Waals surface area contributed by atoms with E-state index in [2.05, 4.69) is 16.4 Å². The summed E-state index contributed by atoms with van der Waals surface area (Å²) >= 11 is 1.66. The van der Waals surface area contributed by atoms with Gasteiger partial charge in [-0.15, -0.1) is 5.10 Å². The number of nitriles is 1. The van der Waals surface area contributed by atoms with Crippen LogP contribution in [-0.2, 0) is 12.8 Å². The Kier molecular flexibility index (Phi) is 3.20. The minimum Gasteiger partial charge on any atom is -0.223 e. The monoisotopic (exact) mass is 307 g/mol. The Morgan fingerprint density at radius 2 is 1.95 bits per heavy atom. The maximum absolute atomic E-state index is 9.32. The van der Waals surface area contributed by atoms with Gasteiger partial charge in [0.1, 0.15) is 11.8 Å². The summed E-state index contributed by atoms with van der Waals surface area (Å²) in [6, 6.07) is 11.9. The van der Waals surface area contributed by atoms with Crippen molar-refractivity contribution in [1.29, 1.82) is 5.26 Å². The Morgan fingerprint density at radius 1 is 1.14 bits per heavy atom. The first-order valence-electron chi connectivity index (χ1n) is 7.27. The molecule has 108 valence electrons. The van der Waals surface area contributed by atoms with Crippen molar-refractivity contribution in [2.75, 3.05) is 0 Å². The molecule has 6 heteroatoms. The molecule has 1 aliphatic rings. The predicted octanol–water partition coefficient (Wildman–Crippen LogP) is 3.14. The summed E-state index contributed by atoms with van der Waals surface area (Å²) in [6.07, 6.45) is 4.54. The molecule has 0 N–H and O–H groups in total. The molecule has 0 unspecified atom stereocenters. The summed E-state index contributed by atoms with van der Waals surface area (Å²) in [7, 11) is 0. The smallest absolute Gasteiger partial charge is 0.212 e. The lowest BCUT2D eigenvalue weighted by molar-refractivity contribution is 0.679. The fourth-order valence-electron chi connectivity index (χ4n) is 2.78. The molecule has 0 saturated carbocycles. The van der Waals surface area contributed by atoms with Gasteiger partial charge in [0.05, 0.1) is 5.69 Å². The Labute approximate surface area is 131 Å². The van der Waals surface area contributed by atoms with Gasteiger partial charge in [-0.3, -0.25) is 0 Å². The highest BCUT2D eigenvalue weighted by atomic mass is 32.1. The van der Waals surface area contributed by atoms with E-state index in [4.69, 9.17) is 4.98 Å². The van der Waals surface area contributed by atoms with Gasteiger partial charge in [0.25, 0.3) is 0 Å². The van der Waals surface area contributed by atoms with Crippen LogP contribution in [0.3, 0.4) is 0 Å². The van der Waals surface area contributed by atoms with Crippen LogP contribution in [0, 0.1) is 11.3 Å². The number of hydrogen-bond donors (Lipinski definition) is 0. The van der Waals surface area contributed by atoms with Crippen LogP contribution in [0.5, 0.6) is 0 Å². The van der Waals surface area contributed by atoms with Gasteiger partial charge < -0.3 is 0 Å². The molecule has 1 aromatic carbocycles. The first-order valence-corrected chi connectivity index (χ1v) is 8.08. The maximum Gasteiger partial charge on any atom is 0.212 e. The van der Waals surface area contributed by atoms with Gasteiger partial charge >= 0.3 is 0 Å². The molecule has 2 aromatic heterocycles. The molecule has 0 fully saturated rings. The van der Waals surface area contributed by atoms with Gasteiger partial charge in [-0.1, -0.05) is 46.9 Å². The molecule has 0 bridgehead atoms. The molecule has 0 spiro atoms. The van der Waals surface area contributed by atoms with E-state index >= 15 is 0 Å². The first-order chi connectivity index (χ1) is 10.9. The Hall–Kier alpha value is -2.52. The zero-order valence-electron chi connectivity index (χ0n) is 11.9. The number of aryl methyl sites for hydroxylation is 2. The largest absolute Gasteiger partial charge is 0.223 e. The van der Waals surface area contributed by atoms with Crippen molar-refractivity contribution in [3.63, 3.8) is 0 Å². The van der Waals surface area contributed by atoms with E-state index in [9.17, 15) is 5.26 Å². The van der Waals surface area contributed by atoms with E-state index < -0.39 is 0 Å². The third-order valence-corrected chi connectivity index (χ3v) is 4.97. The molecule has 5 nitrogen and oxygen atoms in total. The van der Waals surface area contributed by atoms with Gasteiger partial charge in [-0.25, -0.2) is 4.98 Å². The molecule has 22 heavy (non-hydrogen) atoms. The quantitative estimate of drug-likeness (QED) is 0.729. The lowest BCUT2D eigenvalue weighted by Crippen LogP contribution is -2.01. The minimum absolute atomic E-state index is 0.333. The van der Waals surface area contributed by atoms with Crippen molar-refractivity contribution in [2.45, 2.75) is 25.7 Å². The number of fused-ring (bicyclic) bond motifs is 1. The van der Waals surface area contributed by atoms with Crippen molar-refractivity contribution in [1.82, 2.24) is 20.0 Å². The van der Waals surface area contributed by atoms with Crippen LogP contribution in [-0.4, -0.2) is 20.0 Å². The van der Waals surface area contributed by atoms with E-state index in [0.29, 0.717) is 11.4 Å². The summed E-state index contributed by atoms with van der Waals surface area (Å²) in [5.41, 5.74) is 3.16. The summed E-state index contributed by atoms with van der Waals surface area (Å²) in [6.45, 7) is 0. The fraction of sp³-hybridized carbons (Fsp3) is 0.250. The summed E-state index contributed by atoms with van der Waals surface area (Å²) in [5, 5.41) is 18.3. The van der Waals surface area contributed by atoms with Gasteiger partial charge in [-0.05, 0) is 25.7 Å². The van der Waals surface area contributed by atoms with Crippen molar-refractivity contribution < 1.29 is 0 Å². The van der Waals surface area contributed by atoms with Crippen LogP contribution in [0.2, 0.25) is 0 Å². The van der Waals surface area contributed by atoms with Crippen LogP contribution in [0.1, 0.15) is 29.1 Å². The van der Waals surface area contributed by atoms with Gasteiger partial charge in [0.15, 0.2) is 5.69 Å². The standard InChI is InChI=1S/C16H13N5S/c17-10-13-15(11-6-2-1-3-7-11)21(20-19-13)16-18-12-8-4-5-9-14(12)22-16/h1-3,6-7H,4-5,8-9H2. The van der Waals surface area contributed by atoms with Crippen molar-refractivity contribution in [3.05, 3.63) is 46.6 Å². The fourth-order valence-corrected chi connectivity index (χ4v) is 3.88.